The second-order valence-electron chi connectivity index (χ2n) is 7.08. The zero-order chi connectivity index (χ0) is 20.9. The van der Waals surface area contributed by atoms with Gasteiger partial charge in [0.1, 0.15) is 23.5 Å². The number of nitriles is 1. The Kier molecular flexibility index (Phi) is 5.45. The van der Waals surface area contributed by atoms with Crippen LogP contribution < -0.4 is 10.1 Å². The van der Waals surface area contributed by atoms with Crippen molar-refractivity contribution in [2.45, 2.75) is 13.0 Å². The fourth-order valence-corrected chi connectivity index (χ4v) is 3.31. The topological polar surface area (TPSA) is 62.1 Å². The number of anilines is 1. The lowest BCUT2D eigenvalue weighted by Crippen LogP contribution is -2.17. The van der Waals surface area contributed by atoms with Crippen LogP contribution in [0.2, 0.25) is 0 Å². The van der Waals surface area contributed by atoms with Crippen LogP contribution in [0.5, 0.6) is 5.75 Å². The number of nitrogens with zero attached hydrogens (tertiary/aromatic N) is 1. The van der Waals surface area contributed by atoms with Crippen molar-refractivity contribution in [3.05, 3.63) is 113 Å². The molecule has 1 heterocycles. The average molecular weight is 392 g/mol. The number of fused-ring (bicyclic) bond motifs is 1. The molecule has 30 heavy (non-hydrogen) atoms. The SMILES string of the molecule is Cc1ccc(NC(=O)/C(C#N)=C/C2=Cc3ccccc3OC2c2ccccc2)cc1. The normalized spacial score (nSPS) is 15.3. The van der Waals surface area contributed by atoms with Crippen molar-refractivity contribution in [2.24, 2.45) is 0 Å². The third-order valence-electron chi connectivity index (χ3n) is 4.88. The lowest BCUT2D eigenvalue weighted by molar-refractivity contribution is -0.112. The van der Waals surface area contributed by atoms with Gasteiger partial charge >= 0.3 is 0 Å². The monoisotopic (exact) mass is 392 g/mol. The van der Waals surface area contributed by atoms with Crippen LogP contribution in [0.3, 0.4) is 0 Å². The van der Waals surface area contributed by atoms with Crippen molar-refractivity contribution < 1.29 is 9.53 Å². The van der Waals surface area contributed by atoms with Crippen LogP contribution in [0.4, 0.5) is 5.69 Å². The Hall–Kier alpha value is -4.10. The first-order valence-corrected chi connectivity index (χ1v) is 9.66. The maximum Gasteiger partial charge on any atom is 0.266 e. The summed E-state index contributed by atoms with van der Waals surface area (Å²) in [5, 5.41) is 12.4. The molecule has 0 saturated carbocycles. The summed E-state index contributed by atoms with van der Waals surface area (Å²) in [6, 6.07) is 26.9. The molecular formula is C26H20N2O2. The fraction of sp³-hybridized carbons (Fsp3) is 0.0769. The number of hydrogen-bond donors (Lipinski definition) is 1. The Balaban J connectivity index is 1.69. The van der Waals surface area contributed by atoms with Gasteiger partial charge in [0.15, 0.2) is 0 Å². The third-order valence-corrected chi connectivity index (χ3v) is 4.88. The predicted octanol–water partition coefficient (Wildman–Crippen LogP) is 5.60. The van der Waals surface area contributed by atoms with E-state index in [0.717, 1.165) is 28.0 Å². The van der Waals surface area contributed by atoms with Crippen LogP contribution in [0, 0.1) is 18.3 Å². The van der Waals surface area contributed by atoms with E-state index in [1.807, 2.05) is 97.9 Å². The minimum atomic E-state index is -0.451. The zero-order valence-corrected chi connectivity index (χ0v) is 16.5. The lowest BCUT2D eigenvalue weighted by Gasteiger charge is -2.26. The maximum atomic E-state index is 12.7. The van der Waals surface area contributed by atoms with Gasteiger partial charge in [-0.3, -0.25) is 4.79 Å². The number of carbonyl (C=O) groups excluding carboxylic acids is 1. The highest BCUT2D eigenvalue weighted by Crippen LogP contribution is 2.38. The number of ether oxygens (including phenoxy) is 1. The summed E-state index contributed by atoms with van der Waals surface area (Å²) >= 11 is 0. The molecule has 1 aliphatic heterocycles. The molecule has 4 heteroatoms. The van der Waals surface area contributed by atoms with E-state index >= 15 is 0 Å². The van der Waals surface area contributed by atoms with Gasteiger partial charge in [-0.2, -0.15) is 5.26 Å². The van der Waals surface area contributed by atoms with Gasteiger partial charge in [-0.15, -0.1) is 0 Å². The van der Waals surface area contributed by atoms with Crippen LogP contribution in [0.25, 0.3) is 6.08 Å². The lowest BCUT2D eigenvalue weighted by atomic mass is 9.94. The largest absolute Gasteiger partial charge is 0.480 e. The molecule has 0 saturated heterocycles. The minimum Gasteiger partial charge on any atom is -0.480 e. The van der Waals surface area contributed by atoms with E-state index in [-0.39, 0.29) is 5.57 Å². The Morgan fingerprint density at radius 1 is 1.00 bits per heavy atom. The standard InChI is InChI=1S/C26H20N2O2/c1-18-11-13-23(14-12-18)28-26(29)22(17-27)16-21-15-20-9-5-6-10-24(20)30-25(21)19-7-3-2-4-8-19/h2-16,25H,1H3,(H,28,29)/b22-16+. The summed E-state index contributed by atoms with van der Waals surface area (Å²) in [5.41, 5.74) is 4.36. The van der Waals surface area contributed by atoms with Gasteiger partial charge in [-0.25, -0.2) is 0 Å². The van der Waals surface area contributed by atoms with Crippen molar-refractivity contribution in [2.75, 3.05) is 5.32 Å². The van der Waals surface area contributed by atoms with E-state index < -0.39 is 12.0 Å². The molecule has 3 aromatic rings. The highest BCUT2D eigenvalue weighted by Gasteiger charge is 2.24. The molecule has 3 aromatic carbocycles. The van der Waals surface area contributed by atoms with Gasteiger partial charge in [0.05, 0.1) is 0 Å². The van der Waals surface area contributed by atoms with E-state index in [4.69, 9.17) is 4.74 Å². The maximum absolute atomic E-state index is 12.7. The highest BCUT2D eigenvalue weighted by molar-refractivity contribution is 6.07. The first kappa shape index (κ1) is 19.2. The predicted molar refractivity (Wildman–Crippen MR) is 118 cm³/mol. The first-order valence-electron chi connectivity index (χ1n) is 9.66. The quantitative estimate of drug-likeness (QED) is 0.464. The van der Waals surface area contributed by atoms with Crippen molar-refractivity contribution in [1.82, 2.24) is 0 Å². The van der Waals surface area contributed by atoms with Gasteiger partial charge in [0.25, 0.3) is 5.91 Å². The second-order valence-corrected chi connectivity index (χ2v) is 7.08. The molecule has 0 bridgehead atoms. The number of carbonyl (C=O) groups is 1. The molecular weight excluding hydrogens is 372 g/mol. The molecule has 0 spiro atoms. The first-order chi connectivity index (χ1) is 14.6. The highest BCUT2D eigenvalue weighted by atomic mass is 16.5. The summed E-state index contributed by atoms with van der Waals surface area (Å²) in [6.07, 6.45) is 3.17. The van der Waals surface area contributed by atoms with E-state index in [1.165, 1.54) is 0 Å². The van der Waals surface area contributed by atoms with Crippen LogP contribution in [-0.2, 0) is 4.79 Å². The molecule has 1 unspecified atom stereocenters. The molecule has 0 aromatic heterocycles. The zero-order valence-electron chi connectivity index (χ0n) is 16.5. The number of rotatable bonds is 4. The number of aryl methyl sites for hydroxylation is 1. The Labute approximate surface area is 175 Å². The Morgan fingerprint density at radius 3 is 2.43 bits per heavy atom. The molecule has 1 amide bonds. The number of amides is 1. The van der Waals surface area contributed by atoms with Crippen molar-refractivity contribution >= 4 is 17.7 Å². The third kappa shape index (κ3) is 4.16. The minimum absolute atomic E-state index is 0.0192. The Morgan fingerprint density at radius 2 is 1.70 bits per heavy atom. The summed E-state index contributed by atoms with van der Waals surface area (Å²) in [7, 11) is 0. The van der Waals surface area contributed by atoms with Crippen molar-refractivity contribution in [3.8, 4) is 11.8 Å². The molecule has 4 nitrogen and oxygen atoms in total. The molecule has 146 valence electrons. The number of para-hydroxylation sites is 1. The van der Waals surface area contributed by atoms with Crippen LogP contribution >= 0.6 is 0 Å². The number of nitrogens with one attached hydrogen (secondary N) is 1. The van der Waals surface area contributed by atoms with Gasteiger partial charge in [-0.1, -0.05) is 66.2 Å². The van der Waals surface area contributed by atoms with Crippen LogP contribution in [0.15, 0.2) is 96.1 Å². The van der Waals surface area contributed by atoms with Crippen molar-refractivity contribution in [1.29, 1.82) is 5.26 Å². The van der Waals surface area contributed by atoms with Crippen LogP contribution in [0.1, 0.15) is 22.8 Å². The second kappa shape index (κ2) is 8.50. The molecule has 1 atom stereocenters. The summed E-state index contributed by atoms with van der Waals surface area (Å²) in [4.78, 5) is 12.7. The fourth-order valence-electron chi connectivity index (χ4n) is 3.31. The number of hydrogen-bond acceptors (Lipinski definition) is 3. The summed E-state index contributed by atoms with van der Waals surface area (Å²) in [5.74, 6) is 0.319. The molecule has 0 aliphatic carbocycles. The summed E-state index contributed by atoms with van der Waals surface area (Å²) < 4.78 is 6.23. The van der Waals surface area contributed by atoms with Gasteiger partial charge in [-0.05, 0) is 48.4 Å². The summed E-state index contributed by atoms with van der Waals surface area (Å²) in [6.45, 7) is 1.98. The van der Waals surface area contributed by atoms with E-state index in [0.29, 0.717) is 5.69 Å². The van der Waals surface area contributed by atoms with E-state index in [2.05, 4.69) is 5.32 Å². The molecule has 0 radical (unpaired) electrons. The molecule has 0 fully saturated rings. The van der Waals surface area contributed by atoms with Gasteiger partial charge in [0.2, 0.25) is 0 Å². The molecule has 4 rings (SSSR count). The van der Waals surface area contributed by atoms with Gasteiger partial charge < -0.3 is 10.1 Å². The van der Waals surface area contributed by atoms with E-state index in [9.17, 15) is 10.1 Å². The molecule has 1 N–H and O–H groups in total. The van der Waals surface area contributed by atoms with Crippen molar-refractivity contribution in [3.63, 3.8) is 0 Å². The smallest absolute Gasteiger partial charge is 0.266 e. The van der Waals surface area contributed by atoms with Gasteiger partial charge in [0, 0.05) is 11.3 Å². The Bertz CT molecular complexity index is 1170. The molecule has 1 aliphatic rings. The van der Waals surface area contributed by atoms with Crippen LogP contribution in [-0.4, -0.2) is 5.91 Å². The van der Waals surface area contributed by atoms with E-state index in [1.54, 1.807) is 6.08 Å². The average Bonchev–Trinajstić information content (AvgIpc) is 2.79. The number of benzene rings is 3.